The second-order valence-corrected chi connectivity index (χ2v) is 8.55. The Kier molecular flexibility index (Phi) is 5.62. The standard InChI is InChI=1S/C27H16Cl2N2O3/c28-16-8-10-20(23(29)12-16)25-21-11-9-17(13-24(21)34-26(31)22(25)14-30)33-27(32)19-7-3-5-15-4-1-2-6-18(15)19/h1-13,25H,31H2. The molecule has 1 heterocycles. The fourth-order valence-electron chi connectivity index (χ4n) is 4.12. The van der Waals surface area contributed by atoms with Gasteiger partial charge in [-0.2, -0.15) is 5.26 Å². The van der Waals surface area contributed by atoms with Crippen molar-refractivity contribution >= 4 is 39.9 Å². The van der Waals surface area contributed by atoms with Gasteiger partial charge in [0.1, 0.15) is 23.1 Å². The Labute approximate surface area is 205 Å². The molecule has 4 aromatic carbocycles. The lowest BCUT2D eigenvalue weighted by atomic mass is 9.83. The summed E-state index contributed by atoms with van der Waals surface area (Å²) >= 11 is 12.5. The summed E-state index contributed by atoms with van der Waals surface area (Å²) < 4.78 is 11.4. The highest BCUT2D eigenvalue weighted by atomic mass is 35.5. The highest BCUT2D eigenvalue weighted by Crippen LogP contribution is 2.45. The van der Waals surface area contributed by atoms with E-state index in [2.05, 4.69) is 6.07 Å². The summed E-state index contributed by atoms with van der Waals surface area (Å²) in [5.41, 5.74) is 8.09. The van der Waals surface area contributed by atoms with Crippen LogP contribution in [0.4, 0.5) is 0 Å². The number of carbonyl (C=O) groups excluding carboxylic acids is 1. The van der Waals surface area contributed by atoms with Crippen molar-refractivity contribution in [3.8, 4) is 17.6 Å². The summed E-state index contributed by atoms with van der Waals surface area (Å²) in [5.74, 6) is -0.433. The van der Waals surface area contributed by atoms with Crippen LogP contribution in [-0.4, -0.2) is 5.97 Å². The third-order valence-electron chi connectivity index (χ3n) is 5.68. The molecule has 5 rings (SSSR count). The van der Waals surface area contributed by atoms with Crippen LogP contribution in [0.15, 0.2) is 90.3 Å². The lowest BCUT2D eigenvalue weighted by Gasteiger charge is -2.27. The molecule has 0 spiro atoms. The van der Waals surface area contributed by atoms with Crippen LogP contribution < -0.4 is 15.2 Å². The number of rotatable bonds is 3. The summed E-state index contributed by atoms with van der Waals surface area (Å²) in [6, 6.07) is 25.2. The molecule has 1 unspecified atom stereocenters. The number of fused-ring (bicyclic) bond motifs is 2. The van der Waals surface area contributed by atoms with Crippen LogP contribution in [0, 0.1) is 11.3 Å². The van der Waals surface area contributed by atoms with Crippen molar-refractivity contribution in [1.29, 1.82) is 5.26 Å². The summed E-state index contributed by atoms with van der Waals surface area (Å²) in [4.78, 5) is 13.0. The van der Waals surface area contributed by atoms with Crippen molar-refractivity contribution in [3.05, 3.63) is 117 Å². The predicted octanol–water partition coefficient (Wildman–Crippen LogP) is 6.58. The number of hydrogen-bond donors (Lipinski definition) is 1. The number of nitriles is 1. The molecule has 4 aromatic rings. The van der Waals surface area contributed by atoms with Gasteiger partial charge in [0.15, 0.2) is 0 Å². The first-order valence-corrected chi connectivity index (χ1v) is 11.1. The second-order valence-electron chi connectivity index (χ2n) is 7.71. The minimum absolute atomic E-state index is 0.0384. The normalized spacial score (nSPS) is 14.8. The van der Waals surface area contributed by atoms with E-state index in [4.69, 9.17) is 38.4 Å². The number of allylic oxidation sites excluding steroid dienone is 1. The molecule has 1 atom stereocenters. The first-order valence-electron chi connectivity index (χ1n) is 10.3. The molecule has 0 aliphatic carbocycles. The zero-order valence-electron chi connectivity index (χ0n) is 17.6. The molecule has 1 aliphatic rings. The van der Waals surface area contributed by atoms with E-state index in [-0.39, 0.29) is 17.2 Å². The molecule has 5 nitrogen and oxygen atoms in total. The van der Waals surface area contributed by atoms with E-state index in [1.54, 1.807) is 42.5 Å². The molecule has 0 bridgehead atoms. The van der Waals surface area contributed by atoms with Crippen molar-refractivity contribution in [2.45, 2.75) is 5.92 Å². The monoisotopic (exact) mass is 486 g/mol. The maximum atomic E-state index is 13.0. The Hall–Kier alpha value is -3.98. The molecule has 34 heavy (non-hydrogen) atoms. The number of esters is 1. The van der Waals surface area contributed by atoms with E-state index in [1.165, 1.54) is 0 Å². The Morgan fingerprint density at radius 1 is 0.971 bits per heavy atom. The van der Waals surface area contributed by atoms with Gasteiger partial charge in [-0.05, 0) is 40.6 Å². The van der Waals surface area contributed by atoms with Crippen molar-refractivity contribution in [3.63, 3.8) is 0 Å². The molecule has 166 valence electrons. The minimum Gasteiger partial charge on any atom is -0.440 e. The average Bonchev–Trinajstić information content (AvgIpc) is 2.83. The fourth-order valence-corrected chi connectivity index (χ4v) is 4.64. The Bertz CT molecular complexity index is 1530. The predicted molar refractivity (Wildman–Crippen MR) is 131 cm³/mol. The number of nitrogens with zero attached hydrogens (tertiary/aromatic N) is 1. The maximum Gasteiger partial charge on any atom is 0.344 e. The van der Waals surface area contributed by atoms with Crippen molar-refractivity contribution < 1.29 is 14.3 Å². The van der Waals surface area contributed by atoms with Gasteiger partial charge in [0, 0.05) is 21.7 Å². The summed E-state index contributed by atoms with van der Waals surface area (Å²) in [5, 5.41) is 12.4. The molecule has 0 fully saturated rings. The first kappa shape index (κ1) is 21.8. The van der Waals surface area contributed by atoms with Crippen LogP contribution in [0.2, 0.25) is 10.0 Å². The molecule has 0 aromatic heterocycles. The van der Waals surface area contributed by atoms with Crippen LogP contribution in [0.1, 0.15) is 27.4 Å². The number of nitrogens with two attached hydrogens (primary N) is 1. The number of benzene rings is 4. The van der Waals surface area contributed by atoms with Gasteiger partial charge in [-0.15, -0.1) is 0 Å². The Morgan fingerprint density at radius 2 is 1.74 bits per heavy atom. The van der Waals surface area contributed by atoms with E-state index in [9.17, 15) is 10.1 Å². The van der Waals surface area contributed by atoms with Crippen molar-refractivity contribution in [2.24, 2.45) is 5.73 Å². The van der Waals surface area contributed by atoms with Gasteiger partial charge in [-0.1, -0.05) is 71.7 Å². The number of halogens is 2. The number of carbonyl (C=O) groups is 1. The van der Waals surface area contributed by atoms with E-state index in [0.717, 1.165) is 10.8 Å². The van der Waals surface area contributed by atoms with E-state index in [0.29, 0.717) is 32.5 Å². The summed E-state index contributed by atoms with van der Waals surface area (Å²) in [6.07, 6.45) is 0. The molecule has 0 radical (unpaired) electrons. The molecular formula is C27H16Cl2N2O3. The minimum atomic E-state index is -0.554. The van der Waals surface area contributed by atoms with Gasteiger partial charge in [0.25, 0.3) is 0 Å². The zero-order valence-corrected chi connectivity index (χ0v) is 19.1. The lowest BCUT2D eigenvalue weighted by molar-refractivity contribution is 0.0736. The van der Waals surface area contributed by atoms with Crippen LogP contribution in [0.25, 0.3) is 10.8 Å². The van der Waals surface area contributed by atoms with Crippen LogP contribution in [0.3, 0.4) is 0 Å². The quantitative estimate of drug-likeness (QED) is 0.261. The number of hydrogen-bond acceptors (Lipinski definition) is 5. The molecule has 1 aliphatic heterocycles. The van der Waals surface area contributed by atoms with Gasteiger partial charge in [0.05, 0.1) is 11.5 Å². The summed E-state index contributed by atoms with van der Waals surface area (Å²) in [6.45, 7) is 0. The SMILES string of the molecule is N#CC1=C(N)Oc2cc(OC(=O)c3cccc4ccccc34)ccc2C1c1ccc(Cl)cc1Cl. The zero-order chi connectivity index (χ0) is 23.8. The molecule has 0 saturated heterocycles. The molecule has 2 N–H and O–H groups in total. The maximum absolute atomic E-state index is 13.0. The fraction of sp³-hybridized carbons (Fsp3) is 0.0370. The van der Waals surface area contributed by atoms with Crippen molar-refractivity contribution in [2.75, 3.05) is 0 Å². The van der Waals surface area contributed by atoms with Gasteiger partial charge in [-0.25, -0.2) is 4.79 Å². The van der Waals surface area contributed by atoms with E-state index in [1.807, 2.05) is 36.4 Å². The topological polar surface area (TPSA) is 85.3 Å². The largest absolute Gasteiger partial charge is 0.440 e. The lowest BCUT2D eigenvalue weighted by Crippen LogP contribution is -2.21. The molecular weight excluding hydrogens is 471 g/mol. The highest BCUT2D eigenvalue weighted by molar-refractivity contribution is 6.35. The van der Waals surface area contributed by atoms with Gasteiger partial charge < -0.3 is 15.2 Å². The van der Waals surface area contributed by atoms with Gasteiger partial charge in [0.2, 0.25) is 5.88 Å². The van der Waals surface area contributed by atoms with Crippen molar-refractivity contribution in [1.82, 2.24) is 0 Å². The van der Waals surface area contributed by atoms with Crippen LogP contribution >= 0.6 is 23.2 Å². The molecule has 7 heteroatoms. The van der Waals surface area contributed by atoms with Gasteiger partial charge >= 0.3 is 5.97 Å². The Balaban J connectivity index is 1.52. The smallest absolute Gasteiger partial charge is 0.344 e. The van der Waals surface area contributed by atoms with E-state index >= 15 is 0 Å². The molecule has 0 saturated carbocycles. The third-order valence-corrected chi connectivity index (χ3v) is 6.25. The van der Waals surface area contributed by atoms with E-state index < -0.39 is 11.9 Å². The number of ether oxygens (including phenoxy) is 2. The second kappa shape index (κ2) is 8.75. The average molecular weight is 487 g/mol. The summed E-state index contributed by atoms with van der Waals surface area (Å²) in [7, 11) is 0. The third kappa shape index (κ3) is 3.84. The first-order chi connectivity index (χ1) is 16.5. The van der Waals surface area contributed by atoms with Crippen LogP contribution in [-0.2, 0) is 0 Å². The Morgan fingerprint density at radius 3 is 2.53 bits per heavy atom. The highest BCUT2D eigenvalue weighted by Gasteiger charge is 2.32. The van der Waals surface area contributed by atoms with Crippen LogP contribution in [0.5, 0.6) is 11.5 Å². The molecule has 0 amide bonds. The van der Waals surface area contributed by atoms with Gasteiger partial charge in [-0.3, -0.25) is 0 Å².